The first-order valence-electron chi connectivity index (χ1n) is 13.5. The zero-order chi connectivity index (χ0) is 26.5. The predicted octanol–water partition coefficient (Wildman–Crippen LogP) is 6.06. The molecule has 0 radical (unpaired) electrons. The molecule has 2 unspecified atom stereocenters. The van der Waals surface area contributed by atoms with Gasteiger partial charge in [-0.05, 0) is 72.4 Å². The number of methoxy groups -OCH3 is 1. The molecule has 1 heterocycles. The highest BCUT2D eigenvalue weighted by molar-refractivity contribution is 5.96. The maximum atomic E-state index is 13.2. The largest absolute Gasteiger partial charge is 0.488 e. The molecule has 3 aromatic rings. The van der Waals surface area contributed by atoms with Gasteiger partial charge in [0, 0.05) is 24.1 Å². The van der Waals surface area contributed by atoms with Gasteiger partial charge in [0.25, 0.3) is 0 Å². The number of carbonyl (C=O) groups excluding carboxylic acids is 2. The summed E-state index contributed by atoms with van der Waals surface area (Å²) >= 11 is 0. The maximum Gasteiger partial charge on any atom is 0.305 e. The summed E-state index contributed by atoms with van der Waals surface area (Å²) in [7, 11) is 1.45. The third kappa shape index (κ3) is 5.91. The number of hydrogen-bond acceptors (Lipinski definition) is 5. The second-order valence-corrected chi connectivity index (χ2v) is 10.4. The number of aliphatic hydroxyl groups excluding tert-OH is 1. The van der Waals surface area contributed by atoms with Crippen LogP contribution in [0.2, 0.25) is 0 Å². The van der Waals surface area contributed by atoms with Crippen molar-refractivity contribution in [3.63, 3.8) is 0 Å². The number of ether oxygens (including phenoxy) is 2. The van der Waals surface area contributed by atoms with Crippen LogP contribution in [0.3, 0.4) is 0 Å². The van der Waals surface area contributed by atoms with Gasteiger partial charge in [-0.3, -0.25) is 9.59 Å². The van der Waals surface area contributed by atoms with Crippen LogP contribution in [0.1, 0.15) is 61.5 Å². The Morgan fingerprint density at radius 1 is 0.947 bits per heavy atom. The number of benzene rings is 3. The second-order valence-electron chi connectivity index (χ2n) is 10.4. The van der Waals surface area contributed by atoms with Crippen molar-refractivity contribution < 1.29 is 24.2 Å². The average Bonchev–Trinajstić information content (AvgIpc) is 2.97. The van der Waals surface area contributed by atoms with Crippen LogP contribution in [0.5, 0.6) is 5.75 Å². The van der Waals surface area contributed by atoms with Crippen LogP contribution in [0.25, 0.3) is 11.1 Å². The van der Waals surface area contributed by atoms with E-state index in [0.29, 0.717) is 30.4 Å². The molecule has 38 heavy (non-hydrogen) atoms. The van der Waals surface area contributed by atoms with Gasteiger partial charge in [0.2, 0.25) is 5.91 Å². The molecule has 0 saturated heterocycles. The molecule has 6 heteroatoms. The van der Waals surface area contributed by atoms with Gasteiger partial charge >= 0.3 is 5.97 Å². The van der Waals surface area contributed by atoms with E-state index in [-0.39, 0.29) is 18.5 Å². The quantitative estimate of drug-likeness (QED) is 0.376. The second kappa shape index (κ2) is 11.8. The standard InChI is InChI=1S/C32H35NO5/c1-37-31(35)17-21-7-9-22(10-8-21)23-11-13-24(14-12-23)25-15-16-28-29(19-27(20-34)38-30(28)18-25)32(36)33-26-5-3-2-4-6-26/h2-6,11-16,18,21-22,27,29,34H,7-10,17,19-20H2,1H3,(H,33,36). The van der Waals surface area contributed by atoms with Crippen LogP contribution in [0, 0.1) is 5.92 Å². The Bertz CT molecular complexity index is 1250. The summed E-state index contributed by atoms with van der Waals surface area (Å²) in [6, 6.07) is 24.1. The number of para-hydroxylation sites is 1. The number of nitrogens with one attached hydrogen (secondary N) is 1. The van der Waals surface area contributed by atoms with Crippen LogP contribution in [0.4, 0.5) is 5.69 Å². The van der Waals surface area contributed by atoms with Crippen molar-refractivity contribution in [2.24, 2.45) is 5.92 Å². The van der Waals surface area contributed by atoms with Crippen molar-refractivity contribution in [1.29, 1.82) is 0 Å². The van der Waals surface area contributed by atoms with Gasteiger partial charge in [-0.1, -0.05) is 54.6 Å². The number of aliphatic hydroxyl groups is 1. The molecule has 0 spiro atoms. The van der Waals surface area contributed by atoms with Gasteiger partial charge in [-0.2, -0.15) is 0 Å². The van der Waals surface area contributed by atoms with Crippen LogP contribution in [-0.2, 0) is 14.3 Å². The number of fused-ring (bicyclic) bond motifs is 1. The highest BCUT2D eigenvalue weighted by atomic mass is 16.5. The Hall–Kier alpha value is -3.64. The van der Waals surface area contributed by atoms with E-state index in [4.69, 9.17) is 9.47 Å². The zero-order valence-corrected chi connectivity index (χ0v) is 21.8. The SMILES string of the molecule is COC(=O)CC1CCC(c2ccc(-c3ccc4c(c3)OC(CO)CC4C(=O)Nc3ccccc3)cc2)CC1. The predicted molar refractivity (Wildman–Crippen MR) is 147 cm³/mol. The smallest absolute Gasteiger partial charge is 0.305 e. The van der Waals surface area contributed by atoms with Gasteiger partial charge in [-0.25, -0.2) is 0 Å². The molecule has 1 fully saturated rings. The normalized spacial score (nSPS) is 22.6. The summed E-state index contributed by atoms with van der Waals surface area (Å²) < 4.78 is 10.9. The third-order valence-electron chi connectivity index (χ3n) is 7.99. The topological polar surface area (TPSA) is 84.9 Å². The summed E-state index contributed by atoms with van der Waals surface area (Å²) in [4.78, 5) is 24.7. The van der Waals surface area contributed by atoms with Crippen LogP contribution < -0.4 is 10.1 Å². The van der Waals surface area contributed by atoms with Gasteiger partial charge in [0.15, 0.2) is 0 Å². The Morgan fingerprint density at radius 3 is 2.34 bits per heavy atom. The first-order valence-corrected chi connectivity index (χ1v) is 13.5. The van der Waals surface area contributed by atoms with Gasteiger partial charge in [-0.15, -0.1) is 0 Å². The van der Waals surface area contributed by atoms with Crippen molar-refractivity contribution in [2.45, 2.75) is 56.5 Å². The van der Waals surface area contributed by atoms with Crippen molar-refractivity contribution >= 4 is 17.6 Å². The maximum absolute atomic E-state index is 13.2. The Labute approximate surface area is 224 Å². The Kier molecular flexibility index (Phi) is 8.08. The van der Waals surface area contributed by atoms with E-state index in [0.717, 1.165) is 48.1 Å². The fourth-order valence-corrected chi connectivity index (χ4v) is 5.80. The molecule has 0 aromatic heterocycles. The van der Waals surface area contributed by atoms with Crippen molar-refractivity contribution in [2.75, 3.05) is 19.0 Å². The van der Waals surface area contributed by atoms with E-state index in [2.05, 4.69) is 29.6 Å². The third-order valence-corrected chi connectivity index (χ3v) is 7.99. The summed E-state index contributed by atoms with van der Waals surface area (Å²) in [6.45, 7) is -0.143. The molecule has 198 valence electrons. The molecule has 1 amide bonds. The van der Waals surface area contributed by atoms with E-state index in [9.17, 15) is 14.7 Å². The molecule has 2 N–H and O–H groups in total. The lowest BCUT2D eigenvalue weighted by Gasteiger charge is -2.31. The lowest BCUT2D eigenvalue weighted by molar-refractivity contribution is -0.142. The number of amides is 1. The lowest BCUT2D eigenvalue weighted by atomic mass is 9.77. The van der Waals surface area contributed by atoms with Crippen LogP contribution in [0.15, 0.2) is 72.8 Å². The number of esters is 1. The monoisotopic (exact) mass is 513 g/mol. The van der Waals surface area contributed by atoms with E-state index in [1.54, 1.807) is 0 Å². The molecule has 3 aromatic carbocycles. The first-order chi connectivity index (χ1) is 18.5. The lowest BCUT2D eigenvalue weighted by Crippen LogP contribution is -2.34. The summed E-state index contributed by atoms with van der Waals surface area (Å²) in [5.41, 5.74) is 5.01. The Balaban J connectivity index is 1.29. The molecule has 1 saturated carbocycles. The fraction of sp³-hybridized carbons (Fsp3) is 0.375. The molecule has 1 aliphatic carbocycles. The summed E-state index contributed by atoms with van der Waals surface area (Å²) in [5, 5.41) is 12.8. The average molecular weight is 514 g/mol. The summed E-state index contributed by atoms with van der Waals surface area (Å²) in [5.74, 6) is 0.975. The molecule has 6 nitrogen and oxygen atoms in total. The Morgan fingerprint density at radius 2 is 1.66 bits per heavy atom. The molecule has 5 rings (SSSR count). The van der Waals surface area contributed by atoms with E-state index >= 15 is 0 Å². The number of anilines is 1. The number of rotatable bonds is 7. The number of carbonyl (C=O) groups is 2. The van der Waals surface area contributed by atoms with Crippen molar-refractivity contribution in [1.82, 2.24) is 0 Å². The number of hydrogen-bond donors (Lipinski definition) is 2. The highest BCUT2D eigenvalue weighted by Crippen LogP contribution is 2.41. The van der Waals surface area contributed by atoms with E-state index in [1.807, 2.05) is 48.5 Å². The molecular weight excluding hydrogens is 478 g/mol. The molecule has 1 aliphatic heterocycles. The van der Waals surface area contributed by atoms with E-state index < -0.39 is 12.0 Å². The van der Waals surface area contributed by atoms with Crippen LogP contribution in [-0.4, -0.2) is 36.8 Å². The minimum absolute atomic E-state index is 0.0994. The van der Waals surface area contributed by atoms with Crippen molar-refractivity contribution in [3.8, 4) is 16.9 Å². The van der Waals surface area contributed by atoms with E-state index in [1.165, 1.54) is 12.7 Å². The minimum Gasteiger partial charge on any atom is -0.488 e. The fourth-order valence-electron chi connectivity index (χ4n) is 5.80. The summed E-state index contributed by atoms with van der Waals surface area (Å²) in [6.07, 6.45) is 4.79. The zero-order valence-electron chi connectivity index (χ0n) is 21.8. The minimum atomic E-state index is -0.430. The molecule has 0 bridgehead atoms. The van der Waals surface area contributed by atoms with Crippen molar-refractivity contribution in [3.05, 3.63) is 83.9 Å². The van der Waals surface area contributed by atoms with Gasteiger partial charge in [0.05, 0.1) is 19.6 Å². The van der Waals surface area contributed by atoms with Crippen LogP contribution >= 0.6 is 0 Å². The first kappa shape index (κ1) is 26.0. The molecule has 2 aliphatic rings. The highest BCUT2D eigenvalue weighted by Gasteiger charge is 2.33. The van der Waals surface area contributed by atoms with Gasteiger partial charge in [0.1, 0.15) is 11.9 Å². The molecule has 2 atom stereocenters. The van der Waals surface area contributed by atoms with Gasteiger partial charge < -0.3 is 19.9 Å². The molecular formula is C32H35NO5.